The summed E-state index contributed by atoms with van der Waals surface area (Å²) in [6.45, 7) is -0.0694. The molecule has 1 rings (SSSR count). The van der Waals surface area contributed by atoms with Gasteiger partial charge in [-0.1, -0.05) is 19.1 Å². The summed E-state index contributed by atoms with van der Waals surface area (Å²) in [5, 5.41) is 0. The van der Waals surface area contributed by atoms with Gasteiger partial charge < -0.3 is 15.4 Å². The van der Waals surface area contributed by atoms with Gasteiger partial charge >= 0.3 is 6.18 Å². The maximum atomic E-state index is 12.4. The average molecular weight is 332 g/mol. The van der Waals surface area contributed by atoms with Gasteiger partial charge in [0.15, 0.2) is 6.61 Å². The molecule has 23 heavy (non-hydrogen) atoms. The summed E-state index contributed by atoms with van der Waals surface area (Å²) < 4.78 is 42.5. The van der Waals surface area contributed by atoms with Crippen molar-refractivity contribution in [3.8, 4) is 5.75 Å². The third kappa shape index (κ3) is 7.53. The number of carbonyl (C=O) groups excluding carboxylic acids is 2. The van der Waals surface area contributed by atoms with Crippen LogP contribution in [0.2, 0.25) is 0 Å². The summed E-state index contributed by atoms with van der Waals surface area (Å²) in [5.41, 5.74) is 5.74. The lowest BCUT2D eigenvalue weighted by Gasteiger charge is -2.23. The second kappa shape index (κ2) is 8.40. The number of nitrogens with two attached hydrogens (primary N) is 1. The summed E-state index contributed by atoms with van der Waals surface area (Å²) in [6, 6.07) is 6.26. The van der Waals surface area contributed by atoms with Gasteiger partial charge in [0, 0.05) is 6.54 Å². The number of nitrogens with zero attached hydrogens (tertiary/aromatic N) is 1. The van der Waals surface area contributed by atoms with Crippen molar-refractivity contribution < 1.29 is 27.5 Å². The minimum absolute atomic E-state index is 0.0131. The summed E-state index contributed by atoms with van der Waals surface area (Å²) in [6.07, 6.45) is -3.94. The zero-order valence-electron chi connectivity index (χ0n) is 12.7. The fourth-order valence-corrected chi connectivity index (χ4v) is 1.92. The fraction of sp³-hybridized carbons (Fsp3) is 0.467. The molecule has 0 atom stereocenters. The number of amides is 2. The van der Waals surface area contributed by atoms with Crippen LogP contribution < -0.4 is 10.5 Å². The topological polar surface area (TPSA) is 72.6 Å². The molecule has 0 bridgehead atoms. The molecule has 0 unspecified atom stereocenters. The van der Waals surface area contributed by atoms with Gasteiger partial charge in [0.25, 0.3) is 5.91 Å². The van der Waals surface area contributed by atoms with Crippen LogP contribution in [0.4, 0.5) is 13.2 Å². The van der Waals surface area contributed by atoms with Crippen molar-refractivity contribution in [3.05, 3.63) is 29.8 Å². The Kier molecular flexibility index (Phi) is 6.87. The first-order valence-corrected chi connectivity index (χ1v) is 7.06. The van der Waals surface area contributed by atoms with Crippen molar-refractivity contribution in [1.29, 1.82) is 0 Å². The monoisotopic (exact) mass is 332 g/mol. The van der Waals surface area contributed by atoms with Gasteiger partial charge in [0.05, 0.1) is 6.42 Å². The van der Waals surface area contributed by atoms with Gasteiger partial charge in [-0.25, -0.2) is 0 Å². The van der Waals surface area contributed by atoms with Crippen molar-refractivity contribution in [2.45, 2.75) is 25.9 Å². The van der Waals surface area contributed by atoms with E-state index in [1.807, 2.05) is 0 Å². The second-order valence-electron chi connectivity index (χ2n) is 5.01. The summed E-state index contributed by atoms with van der Waals surface area (Å²) in [5.74, 6) is -0.878. The lowest BCUT2D eigenvalue weighted by molar-refractivity contribution is -0.162. The number of ether oxygens (including phenoxy) is 1. The molecule has 8 heteroatoms. The molecule has 0 heterocycles. The molecule has 0 radical (unpaired) electrons. The largest absolute Gasteiger partial charge is 0.484 e. The van der Waals surface area contributed by atoms with Crippen LogP contribution in [0.25, 0.3) is 0 Å². The van der Waals surface area contributed by atoms with Crippen LogP contribution in [0.15, 0.2) is 24.3 Å². The molecule has 128 valence electrons. The molecule has 1 aromatic carbocycles. The van der Waals surface area contributed by atoms with Crippen LogP contribution in [-0.4, -0.2) is 42.6 Å². The third-order valence-corrected chi connectivity index (χ3v) is 2.88. The number of primary amides is 1. The number of hydrogen-bond donors (Lipinski definition) is 1. The molecule has 5 nitrogen and oxygen atoms in total. The molecule has 0 saturated heterocycles. The number of halogens is 3. The van der Waals surface area contributed by atoms with Crippen LogP contribution in [0.3, 0.4) is 0 Å². The maximum Gasteiger partial charge on any atom is 0.406 e. The molecule has 0 aliphatic carbocycles. The SMILES string of the molecule is CCCN(CC(F)(F)F)C(=O)COc1ccc(CC(N)=O)cc1. The highest BCUT2D eigenvalue weighted by atomic mass is 19.4. The first kappa shape index (κ1) is 18.8. The van der Waals surface area contributed by atoms with Gasteiger partial charge in [-0.3, -0.25) is 9.59 Å². The van der Waals surface area contributed by atoms with Gasteiger partial charge in [-0.15, -0.1) is 0 Å². The Balaban J connectivity index is 2.57. The molecule has 0 aliphatic heterocycles. The summed E-state index contributed by atoms with van der Waals surface area (Å²) in [4.78, 5) is 23.3. The molecule has 0 fully saturated rings. The van der Waals surface area contributed by atoms with Gasteiger partial charge in [0.1, 0.15) is 12.3 Å². The van der Waals surface area contributed by atoms with E-state index in [1.54, 1.807) is 19.1 Å². The predicted molar refractivity (Wildman–Crippen MR) is 77.8 cm³/mol. The van der Waals surface area contributed by atoms with E-state index in [4.69, 9.17) is 10.5 Å². The van der Waals surface area contributed by atoms with Crippen molar-refractivity contribution in [1.82, 2.24) is 4.90 Å². The Bertz CT molecular complexity index is 530. The van der Waals surface area contributed by atoms with Gasteiger partial charge in [-0.2, -0.15) is 13.2 Å². The molecular weight excluding hydrogens is 313 g/mol. The lowest BCUT2D eigenvalue weighted by Crippen LogP contribution is -2.41. The Morgan fingerprint density at radius 2 is 1.83 bits per heavy atom. The Morgan fingerprint density at radius 1 is 1.22 bits per heavy atom. The Hall–Kier alpha value is -2.25. The molecule has 0 aromatic heterocycles. The molecule has 1 aromatic rings. The minimum atomic E-state index is -4.44. The van der Waals surface area contributed by atoms with E-state index in [0.717, 1.165) is 4.90 Å². The standard InChI is InChI=1S/C15H19F3N2O3/c1-2-7-20(10-15(16,17)18)14(22)9-23-12-5-3-11(4-6-12)8-13(19)21/h3-6H,2,7-10H2,1H3,(H2,19,21). The number of alkyl halides is 3. The van der Waals surface area contributed by atoms with Crippen LogP contribution in [0.5, 0.6) is 5.75 Å². The van der Waals surface area contributed by atoms with Crippen molar-refractivity contribution in [2.75, 3.05) is 19.7 Å². The normalized spacial score (nSPS) is 11.1. The maximum absolute atomic E-state index is 12.4. The zero-order chi connectivity index (χ0) is 17.5. The predicted octanol–water partition coefficient (Wildman–Crippen LogP) is 1.89. The van der Waals surface area contributed by atoms with E-state index in [2.05, 4.69) is 0 Å². The Morgan fingerprint density at radius 3 is 2.30 bits per heavy atom. The average Bonchev–Trinajstić information content (AvgIpc) is 2.44. The summed E-state index contributed by atoms with van der Waals surface area (Å²) >= 11 is 0. The molecule has 2 amide bonds. The van der Waals surface area contributed by atoms with Crippen LogP contribution in [-0.2, 0) is 16.0 Å². The molecule has 2 N–H and O–H groups in total. The molecule has 0 saturated carbocycles. The first-order valence-electron chi connectivity index (χ1n) is 7.06. The van der Waals surface area contributed by atoms with E-state index in [9.17, 15) is 22.8 Å². The van der Waals surface area contributed by atoms with E-state index in [1.165, 1.54) is 12.1 Å². The third-order valence-electron chi connectivity index (χ3n) is 2.88. The Labute approximate surface area is 132 Å². The number of hydrogen-bond acceptors (Lipinski definition) is 3. The van der Waals surface area contributed by atoms with E-state index < -0.39 is 31.1 Å². The molecule has 0 aliphatic rings. The van der Waals surface area contributed by atoms with Crippen molar-refractivity contribution >= 4 is 11.8 Å². The highest BCUT2D eigenvalue weighted by molar-refractivity contribution is 5.78. The van der Waals surface area contributed by atoms with Gasteiger partial charge in [-0.05, 0) is 24.1 Å². The number of benzene rings is 1. The number of carbonyl (C=O) groups is 2. The minimum Gasteiger partial charge on any atom is -0.484 e. The van der Waals surface area contributed by atoms with E-state index in [0.29, 0.717) is 17.7 Å². The zero-order valence-corrected chi connectivity index (χ0v) is 12.7. The van der Waals surface area contributed by atoms with E-state index in [-0.39, 0.29) is 13.0 Å². The molecular formula is C15H19F3N2O3. The van der Waals surface area contributed by atoms with Crippen LogP contribution >= 0.6 is 0 Å². The first-order chi connectivity index (χ1) is 10.7. The fourth-order valence-electron chi connectivity index (χ4n) is 1.92. The van der Waals surface area contributed by atoms with Crippen LogP contribution in [0, 0.1) is 0 Å². The van der Waals surface area contributed by atoms with Gasteiger partial charge in [0.2, 0.25) is 5.91 Å². The van der Waals surface area contributed by atoms with Crippen molar-refractivity contribution in [3.63, 3.8) is 0 Å². The smallest absolute Gasteiger partial charge is 0.406 e. The van der Waals surface area contributed by atoms with Crippen molar-refractivity contribution in [2.24, 2.45) is 5.73 Å². The lowest BCUT2D eigenvalue weighted by atomic mass is 10.1. The van der Waals surface area contributed by atoms with E-state index >= 15 is 0 Å². The highest BCUT2D eigenvalue weighted by Crippen LogP contribution is 2.17. The number of rotatable bonds is 8. The highest BCUT2D eigenvalue weighted by Gasteiger charge is 2.32. The summed E-state index contributed by atoms with van der Waals surface area (Å²) in [7, 11) is 0. The molecule has 0 spiro atoms. The second-order valence-corrected chi connectivity index (χ2v) is 5.01. The quantitative estimate of drug-likeness (QED) is 0.790. The van der Waals surface area contributed by atoms with Crippen LogP contribution in [0.1, 0.15) is 18.9 Å².